The van der Waals surface area contributed by atoms with Crippen molar-refractivity contribution in [2.45, 2.75) is 6.92 Å². The molecule has 6 heteroatoms. The van der Waals surface area contributed by atoms with Gasteiger partial charge in [0.1, 0.15) is 5.75 Å². The molecule has 0 fully saturated rings. The average Bonchev–Trinajstić information content (AvgIpc) is 2.54. The van der Waals surface area contributed by atoms with Crippen LogP contribution in [0.1, 0.15) is 21.5 Å². The van der Waals surface area contributed by atoms with Gasteiger partial charge in [0.15, 0.2) is 6.61 Å². The summed E-state index contributed by atoms with van der Waals surface area (Å²) >= 11 is 0. The summed E-state index contributed by atoms with van der Waals surface area (Å²) in [7, 11) is 0. The van der Waals surface area contributed by atoms with E-state index in [1.165, 1.54) is 12.3 Å². The van der Waals surface area contributed by atoms with Crippen LogP contribution in [0.4, 0.5) is 0 Å². The van der Waals surface area contributed by atoms with Gasteiger partial charge in [-0.1, -0.05) is 36.4 Å². The van der Waals surface area contributed by atoms with Crippen LogP contribution in [0, 0.1) is 6.92 Å². The van der Waals surface area contributed by atoms with Gasteiger partial charge in [0.05, 0.1) is 11.8 Å². The highest BCUT2D eigenvalue weighted by molar-refractivity contribution is 5.98. The first-order chi connectivity index (χ1) is 11.1. The Labute approximate surface area is 133 Å². The Bertz CT molecular complexity index is 741. The molecular weight excluding hydrogens is 296 g/mol. The quantitative estimate of drug-likeness (QED) is 0.632. The molecule has 0 aliphatic carbocycles. The molecule has 2 aromatic rings. The van der Waals surface area contributed by atoms with Crippen molar-refractivity contribution in [3.63, 3.8) is 0 Å². The highest BCUT2D eigenvalue weighted by atomic mass is 16.5. The number of nitrogens with zero attached hydrogens (tertiary/aromatic N) is 1. The second-order valence-corrected chi connectivity index (χ2v) is 4.74. The number of amides is 1. The smallest absolute Gasteiger partial charge is 0.336 e. The normalized spacial score (nSPS) is 10.5. The molecule has 0 aliphatic heterocycles. The molecule has 2 N–H and O–H groups in total. The third-order valence-corrected chi connectivity index (χ3v) is 3.04. The first-order valence-corrected chi connectivity index (χ1v) is 6.90. The Morgan fingerprint density at radius 3 is 2.61 bits per heavy atom. The van der Waals surface area contributed by atoms with E-state index in [1.54, 1.807) is 24.3 Å². The maximum atomic E-state index is 11.7. The number of carbonyl (C=O) groups excluding carboxylic acids is 1. The van der Waals surface area contributed by atoms with Crippen LogP contribution in [0.3, 0.4) is 0 Å². The number of carbonyl (C=O) groups is 2. The van der Waals surface area contributed by atoms with Crippen molar-refractivity contribution in [2.24, 2.45) is 5.10 Å². The zero-order valence-corrected chi connectivity index (χ0v) is 12.5. The SMILES string of the molecule is Cc1ccccc1OCC(=O)N/N=C/c1ccccc1C(=O)O. The standard InChI is InChI=1S/C17H16N2O4/c1-12-6-2-5-9-15(12)23-11-16(20)19-18-10-13-7-3-4-8-14(13)17(21)22/h2-10H,11H2,1H3,(H,19,20)(H,21,22)/b18-10+. The summed E-state index contributed by atoms with van der Waals surface area (Å²) < 4.78 is 5.38. The van der Waals surface area contributed by atoms with Gasteiger partial charge >= 0.3 is 5.97 Å². The van der Waals surface area contributed by atoms with Crippen LogP contribution in [0.25, 0.3) is 0 Å². The predicted octanol–water partition coefficient (Wildman–Crippen LogP) is 2.22. The number of hydrogen-bond donors (Lipinski definition) is 2. The fourth-order valence-corrected chi connectivity index (χ4v) is 1.87. The molecule has 0 spiro atoms. The van der Waals surface area contributed by atoms with E-state index in [0.29, 0.717) is 11.3 Å². The van der Waals surface area contributed by atoms with Gasteiger partial charge in [-0.25, -0.2) is 10.2 Å². The van der Waals surface area contributed by atoms with Gasteiger partial charge in [-0.15, -0.1) is 0 Å². The summed E-state index contributed by atoms with van der Waals surface area (Å²) in [6.45, 7) is 1.71. The molecule has 0 aromatic heterocycles. The number of nitrogens with one attached hydrogen (secondary N) is 1. The molecule has 0 atom stereocenters. The minimum Gasteiger partial charge on any atom is -0.483 e. The zero-order valence-electron chi connectivity index (χ0n) is 12.5. The van der Waals surface area contributed by atoms with Crippen molar-refractivity contribution < 1.29 is 19.4 Å². The molecular formula is C17H16N2O4. The van der Waals surface area contributed by atoms with E-state index >= 15 is 0 Å². The van der Waals surface area contributed by atoms with Crippen molar-refractivity contribution in [3.8, 4) is 5.75 Å². The predicted molar refractivity (Wildman–Crippen MR) is 85.8 cm³/mol. The van der Waals surface area contributed by atoms with Crippen molar-refractivity contribution in [1.29, 1.82) is 0 Å². The van der Waals surface area contributed by atoms with Gasteiger partial charge < -0.3 is 9.84 Å². The number of carboxylic acid groups (broad SMARTS) is 1. The van der Waals surface area contributed by atoms with E-state index in [-0.39, 0.29) is 12.2 Å². The van der Waals surface area contributed by atoms with Crippen LogP contribution < -0.4 is 10.2 Å². The number of benzene rings is 2. The van der Waals surface area contributed by atoms with Gasteiger partial charge in [0.2, 0.25) is 0 Å². The number of carboxylic acids is 1. The van der Waals surface area contributed by atoms with E-state index in [4.69, 9.17) is 9.84 Å². The Kier molecular flexibility index (Phi) is 5.46. The van der Waals surface area contributed by atoms with Crippen molar-refractivity contribution in [1.82, 2.24) is 5.43 Å². The van der Waals surface area contributed by atoms with Gasteiger partial charge in [-0.3, -0.25) is 4.79 Å². The Hall–Kier alpha value is -3.15. The van der Waals surface area contributed by atoms with E-state index in [2.05, 4.69) is 10.5 Å². The summed E-state index contributed by atoms with van der Waals surface area (Å²) in [5, 5.41) is 12.8. The monoisotopic (exact) mass is 312 g/mol. The van der Waals surface area contributed by atoms with E-state index in [0.717, 1.165) is 5.56 Å². The van der Waals surface area contributed by atoms with Crippen molar-refractivity contribution in [3.05, 3.63) is 65.2 Å². The average molecular weight is 312 g/mol. The van der Waals surface area contributed by atoms with Gasteiger partial charge in [-0.2, -0.15) is 5.10 Å². The lowest BCUT2D eigenvalue weighted by Crippen LogP contribution is -2.24. The molecule has 6 nitrogen and oxygen atoms in total. The third-order valence-electron chi connectivity index (χ3n) is 3.04. The zero-order chi connectivity index (χ0) is 16.7. The van der Waals surface area contributed by atoms with Crippen LogP contribution >= 0.6 is 0 Å². The summed E-state index contributed by atoms with van der Waals surface area (Å²) in [6, 6.07) is 13.7. The van der Waals surface area contributed by atoms with Gasteiger partial charge in [0, 0.05) is 5.56 Å². The first-order valence-electron chi connectivity index (χ1n) is 6.90. The minimum atomic E-state index is -1.05. The summed E-state index contributed by atoms with van der Waals surface area (Å²) in [4.78, 5) is 22.7. The largest absolute Gasteiger partial charge is 0.483 e. The Morgan fingerprint density at radius 2 is 1.87 bits per heavy atom. The highest BCUT2D eigenvalue weighted by Gasteiger charge is 2.07. The summed E-state index contributed by atoms with van der Waals surface area (Å²) in [5.41, 5.74) is 3.74. The van der Waals surface area contributed by atoms with Crippen LogP contribution in [0.2, 0.25) is 0 Å². The topological polar surface area (TPSA) is 88.0 Å². The molecule has 0 unspecified atom stereocenters. The molecule has 1 amide bonds. The van der Waals surface area contributed by atoms with Crippen LogP contribution in [0.15, 0.2) is 53.6 Å². The van der Waals surface area contributed by atoms with Crippen molar-refractivity contribution >= 4 is 18.1 Å². The van der Waals surface area contributed by atoms with Crippen LogP contribution in [0.5, 0.6) is 5.75 Å². The second-order valence-electron chi connectivity index (χ2n) is 4.74. The van der Waals surface area contributed by atoms with Crippen LogP contribution in [-0.2, 0) is 4.79 Å². The number of rotatable bonds is 6. The van der Waals surface area contributed by atoms with Crippen LogP contribution in [-0.4, -0.2) is 29.8 Å². The number of ether oxygens (including phenoxy) is 1. The molecule has 0 bridgehead atoms. The molecule has 23 heavy (non-hydrogen) atoms. The number of hydrazone groups is 1. The lowest BCUT2D eigenvalue weighted by Gasteiger charge is -2.07. The number of aryl methyl sites for hydroxylation is 1. The molecule has 0 aliphatic rings. The Morgan fingerprint density at radius 1 is 1.17 bits per heavy atom. The third kappa shape index (κ3) is 4.67. The number of hydrogen-bond acceptors (Lipinski definition) is 4. The molecule has 118 valence electrons. The number of para-hydroxylation sites is 1. The van der Waals surface area contributed by atoms with Gasteiger partial charge in [-0.05, 0) is 24.6 Å². The molecule has 0 saturated carbocycles. The minimum absolute atomic E-state index is 0.113. The lowest BCUT2D eigenvalue weighted by atomic mass is 10.1. The second kappa shape index (κ2) is 7.74. The molecule has 2 rings (SSSR count). The number of aromatic carboxylic acids is 1. The fourth-order valence-electron chi connectivity index (χ4n) is 1.87. The summed E-state index contributed by atoms with van der Waals surface area (Å²) in [5.74, 6) is -0.860. The fraction of sp³-hybridized carbons (Fsp3) is 0.118. The van der Waals surface area contributed by atoms with E-state index in [9.17, 15) is 9.59 Å². The van der Waals surface area contributed by atoms with Gasteiger partial charge in [0.25, 0.3) is 5.91 Å². The van der Waals surface area contributed by atoms with E-state index in [1.807, 2.05) is 25.1 Å². The maximum absolute atomic E-state index is 11.7. The molecule has 0 saturated heterocycles. The summed E-state index contributed by atoms with van der Waals surface area (Å²) in [6.07, 6.45) is 1.29. The van der Waals surface area contributed by atoms with E-state index < -0.39 is 11.9 Å². The lowest BCUT2D eigenvalue weighted by molar-refractivity contribution is -0.123. The molecule has 0 radical (unpaired) electrons. The molecule has 2 aromatic carbocycles. The van der Waals surface area contributed by atoms with Crippen molar-refractivity contribution in [2.75, 3.05) is 6.61 Å². The first kappa shape index (κ1) is 16.2. The molecule has 0 heterocycles. The highest BCUT2D eigenvalue weighted by Crippen LogP contribution is 2.15. The Balaban J connectivity index is 1.90. The maximum Gasteiger partial charge on any atom is 0.336 e.